The second kappa shape index (κ2) is 17.0. The van der Waals surface area contributed by atoms with Gasteiger partial charge in [-0.25, -0.2) is 19.6 Å². The van der Waals surface area contributed by atoms with Crippen molar-refractivity contribution in [1.29, 1.82) is 0 Å². The molecular weight excluding hydrogens is 716 g/mol. The average Bonchev–Trinajstić information content (AvgIpc) is 4.08. The van der Waals surface area contributed by atoms with E-state index in [1.54, 1.807) is 18.0 Å². The van der Waals surface area contributed by atoms with Gasteiger partial charge in [-0.1, -0.05) is 48.5 Å². The van der Waals surface area contributed by atoms with E-state index < -0.39 is 24.3 Å². The molecule has 1 saturated carbocycles. The number of carbonyl (C=O) groups is 4. The van der Waals surface area contributed by atoms with E-state index in [-0.39, 0.29) is 35.9 Å². The van der Waals surface area contributed by atoms with Crippen molar-refractivity contribution in [2.45, 2.75) is 82.1 Å². The van der Waals surface area contributed by atoms with Crippen LogP contribution in [0.25, 0.3) is 33.6 Å². The molecule has 2 aromatic carbocycles. The summed E-state index contributed by atoms with van der Waals surface area (Å²) in [7, 11) is 4.11. The number of carbonyl (C=O) groups excluding carboxylic acids is 4. The SMILES string of the molecule is COC(=O)N[C@@H]1CC[C@H](C(=O)N2CCC[C@H]2c2ncc(-c3ccc(-c4ccc(-c5cnc([C@@H]6CCCN6C(=O)[C@@H](NC(=O)OC)[C@@H](C)OC)[nH]5)cc4)cc3)[nH]2)C1. The number of aromatic nitrogens is 4. The molecule has 1 aliphatic carbocycles. The van der Waals surface area contributed by atoms with Crippen molar-refractivity contribution < 1.29 is 33.4 Å². The van der Waals surface area contributed by atoms with Gasteiger partial charge in [-0.3, -0.25) is 9.59 Å². The lowest BCUT2D eigenvalue weighted by atomic mass is 10.0. The maximum Gasteiger partial charge on any atom is 0.407 e. The molecule has 0 radical (unpaired) electrons. The largest absolute Gasteiger partial charge is 0.453 e. The van der Waals surface area contributed by atoms with Crippen LogP contribution in [0, 0.1) is 5.92 Å². The van der Waals surface area contributed by atoms with Crippen LogP contribution in [0.4, 0.5) is 9.59 Å². The third kappa shape index (κ3) is 8.13. The summed E-state index contributed by atoms with van der Waals surface area (Å²) in [6.07, 6.45) is 7.40. The zero-order valence-corrected chi connectivity index (χ0v) is 32.2. The van der Waals surface area contributed by atoms with Gasteiger partial charge in [0.25, 0.3) is 0 Å². The van der Waals surface area contributed by atoms with Gasteiger partial charge in [0.2, 0.25) is 11.8 Å². The number of imidazole rings is 2. The van der Waals surface area contributed by atoms with Gasteiger partial charge in [-0.2, -0.15) is 0 Å². The Labute approximate surface area is 325 Å². The van der Waals surface area contributed by atoms with Crippen LogP contribution in [0.15, 0.2) is 60.9 Å². The molecule has 0 unspecified atom stereocenters. The number of rotatable bonds is 11. The lowest BCUT2D eigenvalue weighted by molar-refractivity contribution is -0.138. The Bertz CT molecular complexity index is 2010. The predicted octanol–water partition coefficient (Wildman–Crippen LogP) is 5.75. The van der Waals surface area contributed by atoms with E-state index >= 15 is 0 Å². The third-order valence-electron chi connectivity index (χ3n) is 11.5. The Balaban J connectivity index is 0.977. The third-order valence-corrected chi connectivity index (χ3v) is 11.5. The molecule has 15 heteroatoms. The number of methoxy groups -OCH3 is 3. The van der Waals surface area contributed by atoms with E-state index in [9.17, 15) is 19.2 Å². The van der Waals surface area contributed by atoms with Crippen molar-refractivity contribution >= 4 is 24.0 Å². The Morgan fingerprint density at radius 1 is 0.714 bits per heavy atom. The van der Waals surface area contributed by atoms with E-state index in [1.807, 2.05) is 23.2 Å². The van der Waals surface area contributed by atoms with Crippen LogP contribution in [0.5, 0.6) is 0 Å². The van der Waals surface area contributed by atoms with E-state index in [0.717, 1.165) is 78.0 Å². The maximum atomic E-state index is 13.6. The summed E-state index contributed by atoms with van der Waals surface area (Å²) >= 11 is 0. The fourth-order valence-electron chi connectivity index (χ4n) is 8.30. The van der Waals surface area contributed by atoms with Crippen molar-refractivity contribution in [3.8, 4) is 33.6 Å². The van der Waals surface area contributed by atoms with Gasteiger partial charge >= 0.3 is 12.2 Å². The zero-order valence-electron chi connectivity index (χ0n) is 32.2. The minimum absolute atomic E-state index is 0.0451. The molecule has 3 aliphatic rings. The second-order valence-corrected chi connectivity index (χ2v) is 14.8. The topological polar surface area (TPSA) is 184 Å². The molecule has 0 spiro atoms. The van der Waals surface area contributed by atoms with Crippen LogP contribution in [0.1, 0.15) is 75.6 Å². The Kier molecular flexibility index (Phi) is 11.7. The number of nitrogens with one attached hydrogen (secondary N) is 4. The molecule has 4 aromatic rings. The Hall–Kier alpha value is -5.70. The molecule has 0 bridgehead atoms. The van der Waals surface area contributed by atoms with Crippen LogP contribution < -0.4 is 10.6 Å². The summed E-state index contributed by atoms with van der Waals surface area (Å²) in [5.74, 6) is 1.26. The van der Waals surface area contributed by atoms with E-state index in [2.05, 4.69) is 62.0 Å². The minimum Gasteiger partial charge on any atom is -0.453 e. The number of hydrogen-bond acceptors (Lipinski definition) is 9. The first kappa shape index (κ1) is 38.6. The molecule has 2 aliphatic heterocycles. The summed E-state index contributed by atoms with van der Waals surface area (Å²) in [6.45, 7) is 2.98. The summed E-state index contributed by atoms with van der Waals surface area (Å²) in [5.41, 5.74) is 5.83. The molecule has 56 heavy (non-hydrogen) atoms. The molecule has 4 amide bonds. The molecule has 7 rings (SSSR count). The molecule has 6 atom stereocenters. The highest BCUT2D eigenvalue weighted by Crippen LogP contribution is 2.37. The van der Waals surface area contributed by atoms with Gasteiger partial charge < -0.3 is 44.6 Å². The smallest absolute Gasteiger partial charge is 0.407 e. The quantitative estimate of drug-likeness (QED) is 0.148. The number of H-pyrrole nitrogens is 2. The summed E-state index contributed by atoms with van der Waals surface area (Å²) < 4.78 is 14.9. The molecule has 2 aromatic heterocycles. The first-order chi connectivity index (χ1) is 27.2. The number of aromatic amines is 2. The normalized spacial score (nSPS) is 21.8. The molecule has 4 N–H and O–H groups in total. The van der Waals surface area contributed by atoms with Gasteiger partial charge in [-0.15, -0.1) is 0 Å². The van der Waals surface area contributed by atoms with E-state index in [1.165, 1.54) is 21.3 Å². The van der Waals surface area contributed by atoms with Crippen molar-refractivity contribution in [2.75, 3.05) is 34.4 Å². The number of benzene rings is 2. The number of alkyl carbamates (subject to hydrolysis) is 2. The second-order valence-electron chi connectivity index (χ2n) is 14.8. The number of amides is 4. The standard InChI is InChI=1S/C41H50N8O7/c1-24(54-2)35(47-41(53)56-4)39(51)49-20-6-8-34(49)37-43-23-32(46-37)28-15-11-26(12-16-28)25-9-13-27(14-10-25)31-22-42-36(45-31)33-7-5-19-48(33)38(50)29-17-18-30(21-29)44-40(52)55-3/h9-16,22-24,29-30,33-35H,5-8,17-21H2,1-4H3,(H,42,45)(H,43,46)(H,44,52)(H,47,53)/t24-,29+,30-,33+,34+,35+/m1/s1. The van der Waals surface area contributed by atoms with Crippen LogP contribution in [0.3, 0.4) is 0 Å². The number of hydrogen-bond donors (Lipinski definition) is 4. The molecular formula is C41H50N8O7. The van der Waals surface area contributed by atoms with Crippen molar-refractivity contribution in [2.24, 2.45) is 5.92 Å². The average molecular weight is 767 g/mol. The predicted molar refractivity (Wildman–Crippen MR) is 207 cm³/mol. The highest BCUT2D eigenvalue weighted by Gasteiger charge is 2.40. The van der Waals surface area contributed by atoms with Crippen molar-refractivity contribution in [3.05, 3.63) is 72.6 Å². The van der Waals surface area contributed by atoms with Gasteiger partial charge in [-0.05, 0) is 74.1 Å². The summed E-state index contributed by atoms with van der Waals surface area (Å²) in [5, 5.41) is 5.46. The van der Waals surface area contributed by atoms with Crippen LogP contribution in [0.2, 0.25) is 0 Å². The fraction of sp³-hybridized carbons (Fsp3) is 0.463. The molecule has 15 nitrogen and oxygen atoms in total. The Morgan fingerprint density at radius 2 is 1.23 bits per heavy atom. The minimum atomic E-state index is -0.892. The number of likely N-dealkylation sites (tertiary alicyclic amines) is 2. The van der Waals surface area contributed by atoms with Crippen LogP contribution in [-0.2, 0) is 23.8 Å². The maximum absolute atomic E-state index is 13.6. The highest BCUT2D eigenvalue weighted by molar-refractivity contribution is 5.87. The highest BCUT2D eigenvalue weighted by atomic mass is 16.5. The van der Waals surface area contributed by atoms with Gasteiger partial charge in [0.15, 0.2) is 0 Å². The summed E-state index contributed by atoms with van der Waals surface area (Å²) in [4.78, 5) is 70.8. The zero-order chi connectivity index (χ0) is 39.3. The number of ether oxygens (including phenoxy) is 3. The monoisotopic (exact) mass is 766 g/mol. The first-order valence-electron chi connectivity index (χ1n) is 19.3. The van der Waals surface area contributed by atoms with Crippen LogP contribution >= 0.6 is 0 Å². The van der Waals surface area contributed by atoms with Gasteiger partial charge in [0.1, 0.15) is 17.7 Å². The number of nitrogens with zero attached hydrogens (tertiary/aromatic N) is 4. The van der Waals surface area contributed by atoms with Crippen molar-refractivity contribution in [3.63, 3.8) is 0 Å². The lowest BCUT2D eigenvalue weighted by Crippen LogP contribution is -2.54. The molecule has 2 saturated heterocycles. The lowest BCUT2D eigenvalue weighted by Gasteiger charge is -2.30. The van der Waals surface area contributed by atoms with E-state index in [0.29, 0.717) is 25.3 Å². The fourth-order valence-corrected chi connectivity index (χ4v) is 8.30. The molecule has 4 heterocycles. The van der Waals surface area contributed by atoms with Gasteiger partial charge in [0, 0.05) is 32.2 Å². The molecule has 3 fully saturated rings. The van der Waals surface area contributed by atoms with Crippen LogP contribution in [-0.4, -0.2) is 106 Å². The van der Waals surface area contributed by atoms with Crippen molar-refractivity contribution in [1.82, 2.24) is 40.4 Å². The molecule has 296 valence electrons. The Morgan fingerprint density at radius 3 is 1.77 bits per heavy atom. The first-order valence-corrected chi connectivity index (χ1v) is 19.3. The summed E-state index contributed by atoms with van der Waals surface area (Å²) in [6, 6.07) is 15.3. The van der Waals surface area contributed by atoms with Gasteiger partial charge in [0.05, 0.1) is 56.2 Å². The van der Waals surface area contributed by atoms with E-state index in [4.69, 9.17) is 19.2 Å².